The smallest absolute Gasteiger partial charge is 0.197 e. The van der Waals surface area contributed by atoms with Crippen LogP contribution in [0.4, 0.5) is 0 Å². The van der Waals surface area contributed by atoms with Gasteiger partial charge in [0.25, 0.3) is 0 Å². The van der Waals surface area contributed by atoms with Gasteiger partial charge in [0.1, 0.15) is 17.2 Å². The third-order valence-corrected chi connectivity index (χ3v) is 3.87. The van der Waals surface area contributed by atoms with E-state index >= 15 is 0 Å². The quantitative estimate of drug-likeness (QED) is 0.676. The van der Waals surface area contributed by atoms with E-state index in [1.807, 2.05) is 32.9 Å². The predicted molar refractivity (Wildman–Crippen MR) is 103 cm³/mol. The lowest BCUT2D eigenvalue weighted by Gasteiger charge is -2.14. The van der Waals surface area contributed by atoms with Crippen LogP contribution in [0.15, 0.2) is 36.4 Å². The van der Waals surface area contributed by atoms with E-state index in [-0.39, 0.29) is 23.2 Å². The van der Waals surface area contributed by atoms with Gasteiger partial charge in [-0.3, -0.25) is 4.79 Å². The van der Waals surface area contributed by atoms with Gasteiger partial charge in [-0.05, 0) is 62.1 Å². The van der Waals surface area contributed by atoms with Crippen molar-refractivity contribution < 1.29 is 19.4 Å². The number of aryl methyl sites for hydroxylation is 1. The monoisotopic (exact) mass is 356 g/mol. The molecule has 0 fully saturated rings. The Hall–Kier alpha value is -2.49. The van der Waals surface area contributed by atoms with Crippen LogP contribution in [0.3, 0.4) is 0 Å². The fourth-order valence-corrected chi connectivity index (χ4v) is 2.63. The molecule has 0 aliphatic heterocycles. The van der Waals surface area contributed by atoms with Crippen LogP contribution in [-0.2, 0) is 6.42 Å². The number of benzene rings is 2. The average Bonchev–Trinajstić information content (AvgIpc) is 2.58. The summed E-state index contributed by atoms with van der Waals surface area (Å²) in [5.41, 5.74) is 1.75. The van der Waals surface area contributed by atoms with Crippen LogP contribution in [0, 0.1) is 5.92 Å². The lowest BCUT2D eigenvalue weighted by Crippen LogP contribution is -2.09. The summed E-state index contributed by atoms with van der Waals surface area (Å²) in [6.45, 7) is 10.6. The van der Waals surface area contributed by atoms with E-state index in [1.165, 1.54) is 6.07 Å². The highest BCUT2D eigenvalue weighted by Gasteiger charge is 2.18. The van der Waals surface area contributed by atoms with Crippen LogP contribution in [0.2, 0.25) is 0 Å². The summed E-state index contributed by atoms with van der Waals surface area (Å²) < 4.78 is 11.3. The highest BCUT2D eigenvalue weighted by molar-refractivity contribution is 6.11. The lowest BCUT2D eigenvalue weighted by molar-refractivity contribution is 0.103. The van der Waals surface area contributed by atoms with Crippen molar-refractivity contribution in [2.75, 3.05) is 6.61 Å². The molecular formula is C22H28O4. The number of rotatable bonds is 8. The largest absolute Gasteiger partial charge is 0.507 e. The zero-order valence-corrected chi connectivity index (χ0v) is 16.2. The number of carbonyl (C=O) groups is 1. The number of carbonyl (C=O) groups excluding carboxylic acids is 1. The average molecular weight is 356 g/mol. The second kappa shape index (κ2) is 8.75. The van der Waals surface area contributed by atoms with Crippen LogP contribution in [-0.4, -0.2) is 23.6 Å². The molecule has 0 radical (unpaired) electrons. The Kier molecular flexibility index (Phi) is 6.67. The number of hydrogen-bond donors (Lipinski definition) is 1. The van der Waals surface area contributed by atoms with Crippen molar-refractivity contribution in [3.63, 3.8) is 0 Å². The standard InChI is InChI=1S/C22H28O4/c1-6-16-11-17(25-13-14(2)3)7-9-19(16)22(24)20-10-8-18(12-21(20)23)26-15(4)5/h7-12,14-15,23H,6,13H2,1-5H3. The third-order valence-electron chi connectivity index (χ3n) is 3.87. The Morgan fingerprint density at radius 3 is 2.23 bits per heavy atom. The third kappa shape index (κ3) is 5.01. The van der Waals surface area contributed by atoms with Crippen molar-refractivity contribution >= 4 is 5.78 Å². The van der Waals surface area contributed by atoms with Crippen LogP contribution < -0.4 is 9.47 Å². The van der Waals surface area contributed by atoms with Gasteiger partial charge in [-0.1, -0.05) is 20.8 Å². The van der Waals surface area contributed by atoms with Gasteiger partial charge >= 0.3 is 0 Å². The minimum atomic E-state index is -0.203. The van der Waals surface area contributed by atoms with E-state index in [0.29, 0.717) is 30.3 Å². The first-order chi connectivity index (χ1) is 12.3. The van der Waals surface area contributed by atoms with Crippen molar-refractivity contribution in [3.8, 4) is 17.2 Å². The maximum Gasteiger partial charge on any atom is 0.197 e. The van der Waals surface area contributed by atoms with E-state index in [9.17, 15) is 9.90 Å². The SMILES string of the molecule is CCc1cc(OCC(C)C)ccc1C(=O)c1ccc(OC(C)C)cc1O. The van der Waals surface area contributed by atoms with Crippen molar-refractivity contribution in [2.24, 2.45) is 5.92 Å². The predicted octanol–water partition coefficient (Wildman–Crippen LogP) is 5.01. The molecule has 0 aromatic heterocycles. The molecule has 0 saturated heterocycles. The molecule has 4 nitrogen and oxygen atoms in total. The first-order valence-corrected chi connectivity index (χ1v) is 9.11. The van der Waals surface area contributed by atoms with Gasteiger partial charge in [-0.15, -0.1) is 0 Å². The van der Waals surface area contributed by atoms with E-state index in [1.54, 1.807) is 18.2 Å². The first-order valence-electron chi connectivity index (χ1n) is 9.11. The van der Waals surface area contributed by atoms with Crippen molar-refractivity contribution in [2.45, 2.75) is 47.1 Å². The highest BCUT2D eigenvalue weighted by atomic mass is 16.5. The Morgan fingerprint density at radius 2 is 1.65 bits per heavy atom. The second-order valence-corrected chi connectivity index (χ2v) is 7.05. The summed E-state index contributed by atoms with van der Waals surface area (Å²) in [6, 6.07) is 10.3. The molecule has 0 spiro atoms. The van der Waals surface area contributed by atoms with Crippen LogP contribution in [0.5, 0.6) is 17.2 Å². The van der Waals surface area contributed by atoms with Crippen LogP contribution >= 0.6 is 0 Å². The molecule has 26 heavy (non-hydrogen) atoms. The number of phenolic OH excluding ortho intramolecular Hbond substituents is 1. The minimum absolute atomic E-state index is 0.000953. The topological polar surface area (TPSA) is 55.8 Å². The summed E-state index contributed by atoms with van der Waals surface area (Å²) in [4.78, 5) is 12.9. The Morgan fingerprint density at radius 1 is 1.00 bits per heavy atom. The van der Waals surface area contributed by atoms with Gasteiger partial charge in [-0.25, -0.2) is 0 Å². The maximum atomic E-state index is 12.9. The lowest BCUT2D eigenvalue weighted by atomic mass is 9.96. The Labute approximate surface area is 155 Å². The Balaban J connectivity index is 2.28. The number of phenols is 1. The van der Waals surface area contributed by atoms with E-state index in [2.05, 4.69) is 13.8 Å². The van der Waals surface area contributed by atoms with Gasteiger partial charge < -0.3 is 14.6 Å². The number of hydrogen-bond acceptors (Lipinski definition) is 4. The fraction of sp³-hybridized carbons (Fsp3) is 0.409. The summed E-state index contributed by atoms with van der Waals surface area (Å²) in [6.07, 6.45) is 0.705. The fourth-order valence-electron chi connectivity index (χ4n) is 2.63. The summed E-state index contributed by atoms with van der Waals surface area (Å²) in [5, 5.41) is 10.3. The maximum absolute atomic E-state index is 12.9. The molecule has 2 aromatic carbocycles. The van der Waals surface area contributed by atoms with Gasteiger partial charge in [0.2, 0.25) is 0 Å². The molecule has 0 amide bonds. The van der Waals surface area contributed by atoms with Gasteiger partial charge in [-0.2, -0.15) is 0 Å². The molecule has 2 aromatic rings. The number of ether oxygens (including phenoxy) is 2. The molecule has 0 atom stereocenters. The molecule has 4 heteroatoms. The van der Waals surface area contributed by atoms with Gasteiger partial charge in [0.05, 0.1) is 18.3 Å². The first kappa shape index (κ1) is 19.8. The second-order valence-electron chi connectivity index (χ2n) is 7.05. The molecule has 2 rings (SSSR count). The molecule has 0 heterocycles. The number of aromatic hydroxyl groups is 1. The molecule has 0 aliphatic rings. The van der Waals surface area contributed by atoms with E-state index in [0.717, 1.165) is 11.3 Å². The molecule has 0 saturated carbocycles. The molecule has 0 aliphatic carbocycles. The molecule has 140 valence electrons. The van der Waals surface area contributed by atoms with Crippen molar-refractivity contribution in [1.29, 1.82) is 0 Å². The molecule has 1 N–H and O–H groups in total. The van der Waals surface area contributed by atoms with Crippen molar-refractivity contribution in [1.82, 2.24) is 0 Å². The Bertz CT molecular complexity index is 763. The van der Waals surface area contributed by atoms with E-state index < -0.39 is 0 Å². The van der Waals surface area contributed by atoms with Crippen LogP contribution in [0.1, 0.15) is 56.1 Å². The van der Waals surface area contributed by atoms with Crippen molar-refractivity contribution in [3.05, 3.63) is 53.1 Å². The van der Waals surface area contributed by atoms with E-state index in [4.69, 9.17) is 9.47 Å². The van der Waals surface area contributed by atoms with Gasteiger partial charge in [0.15, 0.2) is 5.78 Å². The molecule has 0 bridgehead atoms. The summed E-state index contributed by atoms with van der Waals surface area (Å²) in [5.74, 6) is 1.46. The normalized spacial score (nSPS) is 11.0. The van der Waals surface area contributed by atoms with Crippen LogP contribution in [0.25, 0.3) is 0 Å². The summed E-state index contributed by atoms with van der Waals surface area (Å²) in [7, 11) is 0. The number of ketones is 1. The minimum Gasteiger partial charge on any atom is -0.507 e. The van der Waals surface area contributed by atoms with Gasteiger partial charge in [0, 0.05) is 11.6 Å². The zero-order valence-electron chi connectivity index (χ0n) is 16.2. The summed E-state index contributed by atoms with van der Waals surface area (Å²) >= 11 is 0. The highest BCUT2D eigenvalue weighted by Crippen LogP contribution is 2.29. The zero-order chi connectivity index (χ0) is 19.3. The molecular weight excluding hydrogens is 328 g/mol. The molecule has 0 unspecified atom stereocenters.